The quantitative estimate of drug-likeness (QED) is 0.835. The normalized spacial score (nSPS) is 15.7. The van der Waals surface area contributed by atoms with Crippen LogP contribution < -0.4 is 5.32 Å². The molecule has 0 saturated carbocycles. The van der Waals surface area contributed by atoms with Crippen molar-refractivity contribution in [2.75, 3.05) is 19.6 Å². The molecule has 1 saturated heterocycles. The van der Waals surface area contributed by atoms with E-state index in [1.165, 1.54) is 0 Å². The molecule has 1 N–H and O–H groups in total. The molecule has 0 atom stereocenters. The van der Waals surface area contributed by atoms with Crippen LogP contribution in [0.4, 0.5) is 0 Å². The van der Waals surface area contributed by atoms with Crippen molar-refractivity contribution in [3.8, 4) is 0 Å². The van der Waals surface area contributed by atoms with E-state index in [1.807, 2.05) is 31.7 Å². The lowest BCUT2D eigenvalue weighted by molar-refractivity contribution is 0.0617. The molecule has 1 amide bonds. The van der Waals surface area contributed by atoms with Crippen molar-refractivity contribution < 1.29 is 4.79 Å². The van der Waals surface area contributed by atoms with Gasteiger partial charge in [0.2, 0.25) is 0 Å². The van der Waals surface area contributed by atoms with Gasteiger partial charge >= 0.3 is 0 Å². The van der Waals surface area contributed by atoms with E-state index in [-0.39, 0.29) is 5.91 Å². The Labute approximate surface area is 102 Å². The Morgan fingerprint density at radius 2 is 2.29 bits per heavy atom. The molecule has 2 heterocycles. The summed E-state index contributed by atoms with van der Waals surface area (Å²) in [6.07, 6.45) is 0. The molecule has 0 aromatic carbocycles. The highest BCUT2D eigenvalue weighted by Gasteiger charge is 2.29. The highest BCUT2D eigenvalue weighted by molar-refractivity contribution is 5.93. The molecule has 1 aromatic heterocycles. The van der Waals surface area contributed by atoms with Gasteiger partial charge in [-0.25, -0.2) is 0 Å². The minimum Gasteiger partial charge on any atom is -0.332 e. The average molecular weight is 236 g/mol. The van der Waals surface area contributed by atoms with Gasteiger partial charge in [0.15, 0.2) is 0 Å². The SMILES string of the molecule is CCN(C(=O)c1cc(C)nn1CC)C1CNC1. The zero-order valence-corrected chi connectivity index (χ0v) is 10.7. The number of likely N-dealkylation sites (N-methyl/N-ethyl adjacent to an activating group) is 1. The second kappa shape index (κ2) is 4.87. The fourth-order valence-corrected chi connectivity index (χ4v) is 2.17. The summed E-state index contributed by atoms with van der Waals surface area (Å²) in [6.45, 7) is 9.23. The molecular weight excluding hydrogens is 216 g/mol. The van der Waals surface area contributed by atoms with Gasteiger partial charge in [-0.3, -0.25) is 9.48 Å². The first-order chi connectivity index (χ1) is 8.17. The third kappa shape index (κ3) is 2.20. The van der Waals surface area contributed by atoms with Gasteiger partial charge in [-0.2, -0.15) is 5.10 Å². The van der Waals surface area contributed by atoms with Gasteiger partial charge in [0.1, 0.15) is 5.69 Å². The second-order valence-corrected chi connectivity index (χ2v) is 4.39. The van der Waals surface area contributed by atoms with Crippen molar-refractivity contribution in [3.05, 3.63) is 17.5 Å². The molecule has 0 aliphatic carbocycles. The van der Waals surface area contributed by atoms with E-state index in [1.54, 1.807) is 4.68 Å². The number of carbonyl (C=O) groups is 1. The molecule has 1 fully saturated rings. The predicted molar refractivity (Wildman–Crippen MR) is 66.0 cm³/mol. The van der Waals surface area contributed by atoms with Crippen LogP contribution in [0.25, 0.3) is 0 Å². The number of hydrogen-bond acceptors (Lipinski definition) is 3. The van der Waals surface area contributed by atoms with E-state index in [0.717, 1.165) is 31.9 Å². The van der Waals surface area contributed by atoms with E-state index >= 15 is 0 Å². The fraction of sp³-hybridized carbons (Fsp3) is 0.667. The average Bonchev–Trinajstić information content (AvgIpc) is 2.63. The minimum absolute atomic E-state index is 0.0986. The van der Waals surface area contributed by atoms with E-state index in [0.29, 0.717) is 11.7 Å². The molecule has 1 aromatic rings. The Bertz CT molecular complexity index is 409. The van der Waals surface area contributed by atoms with Gasteiger partial charge in [-0.05, 0) is 26.8 Å². The molecule has 17 heavy (non-hydrogen) atoms. The summed E-state index contributed by atoms with van der Waals surface area (Å²) >= 11 is 0. The number of nitrogens with one attached hydrogen (secondary N) is 1. The molecular formula is C12H20N4O. The summed E-state index contributed by atoms with van der Waals surface area (Å²) in [6, 6.07) is 2.22. The Kier molecular flexibility index (Phi) is 3.47. The summed E-state index contributed by atoms with van der Waals surface area (Å²) in [4.78, 5) is 14.4. The first kappa shape index (κ1) is 12.1. The zero-order valence-electron chi connectivity index (χ0n) is 10.7. The molecule has 1 aliphatic rings. The van der Waals surface area contributed by atoms with Crippen molar-refractivity contribution in [1.29, 1.82) is 0 Å². The lowest BCUT2D eigenvalue weighted by Crippen LogP contribution is -2.59. The number of rotatable bonds is 4. The highest BCUT2D eigenvalue weighted by atomic mass is 16.2. The lowest BCUT2D eigenvalue weighted by atomic mass is 10.1. The molecule has 0 radical (unpaired) electrons. The molecule has 5 nitrogen and oxygen atoms in total. The Morgan fingerprint density at radius 1 is 1.59 bits per heavy atom. The maximum absolute atomic E-state index is 12.4. The number of nitrogens with zero attached hydrogens (tertiary/aromatic N) is 3. The van der Waals surface area contributed by atoms with E-state index in [2.05, 4.69) is 10.4 Å². The molecule has 0 spiro atoms. The van der Waals surface area contributed by atoms with Crippen LogP contribution in [0, 0.1) is 6.92 Å². The third-order valence-electron chi connectivity index (χ3n) is 3.22. The molecule has 5 heteroatoms. The molecule has 1 aliphatic heterocycles. The highest BCUT2D eigenvalue weighted by Crippen LogP contribution is 2.12. The lowest BCUT2D eigenvalue weighted by Gasteiger charge is -2.37. The first-order valence-electron chi connectivity index (χ1n) is 6.23. The standard InChI is InChI=1S/C12H20N4O/c1-4-15(10-7-13-8-10)12(17)11-6-9(3)14-16(11)5-2/h6,10,13H,4-5,7-8H2,1-3H3. The zero-order chi connectivity index (χ0) is 12.4. The third-order valence-corrected chi connectivity index (χ3v) is 3.22. The molecule has 0 unspecified atom stereocenters. The number of aryl methyl sites for hydroxylation is 2. The van der Waals surface area contributed by atoms with Crippen molar-refractivity contribution in [1.82, 2.24) is 20.0 Å². The fourth-order valence-electron chi connectivity index (χ4n) is 2.17. The van der Waals surface area contributed by atoms with Crippen LogP contribution in [0.1, 0.15) is 30.0 Å². The van der Waals surface area contributed by atoms with Crippen LogP contribution in [-0.2, 0) is 6.54 Å². The van der Waals surface area contributed by atoms with Crippen LogP contribution in [0.15, 0.2) is 6.07 Å². The molecule has 2 rings (SSSR count). The number of amides is 1. The van der Waals surface area contributed by atoms with Gasteiger partial charge in [0.05, 0.1) is 11.7 Å². The summed E-state index contributed by atoms with van der Waals surface area (Å²) in [7, 11) is 0. The van der Waals surface area contributed by atoms with Crippen LogP contribution >= 0.6 is 0 Å². The van der Waals surface area contributed by atoms with Gasteiger partial charge in [0.25, 0.3) is 5.91 Å². The second-order valence-electron chi connectivity index (χ2n) is 4.39. The number of hydrogen-bond donors (Lipinski definition) is 1. The summed E-state index contributed by atoms with van der Waals surface area (Å²) in [5.41, 5.74) is 1.61. The van der Waals surface area contributed by atoms with Crippen molar-refractivity contribution in [2.45, 2.75) is 33.4 Å². The smallest absolute Gasteiger partial charge is 0.272 e. The van der Waals surface area contributed by atoms with E-state index < -0.39 is 0 Å². The van der Waals surface area contributed by atoms with Gasteiger partial charge in [0, 0.05) is 26.2 Å². The summed E-state index contributed by atoms with van der Waals surface area (Å²) in [5.74, 6) is 0.0986. The van der Waals surface area contributed by atoms with Crippen molar-refractivity contribution >= 4 is 5.91 Å². The van der Waals surface area contributed by atoms with Crippen LogP contribution in [0.5, 0.6) is 0 Å². The van der Waals surface area contributed by atoms with Gasteiger partial charge in [-0.15, -0.1) is 0 Å². The first-order valence-corrected chi connectivity index (χ1v) is 6.23. The Morgan fingerprint density at radius 3 is 2.76 bits per heavy atom. The van der Waals surface area contributed by atoms with Crippen molar-refractivity contribution in [2.24, 2.45) is 0 Å². The maximum Gasteiger partial charge on any atom is 0.272 e. The van der Waals surface area contributed by atoms with Gasteiger partial charge < -0.3 is 10.2 Å². The monoisotopic (exact) mass is 236 g/mol. The summed E-state index contributed by atoms with van der Waals surface area (Å²) in [5, 5.41) is 7.52. The van der Waals surface area contributed by atoms with E-state index in [9.17, 15) is 4.79 Å². The van der Waals surface area contributed by atoms with E-state index in [4.69, 9.17) is 0 Å². The minimum atomic E-state index is 0.0986. The number of carbonyl (C=O) groups excluding carboxylic acids is 1. The van der Waals surface area contributed by atoms with Crippen LogP contribution in [-0.4, -0.2) is 46.3 Å². The molecule has 94 valence electrons. The topological polar surface area (TPSA) is 50.2 Å². The number of aromatic nitrogens is 2. The van der Waals surface area contributed by atoms with Crippen molar-refractivity contribution in [3.63, 3.8) is 0 Å². The Balaban J connectivity index is 2.21. The van der Waals surface area contributed by atoms with Crippen LogP contribution in [0.2, 0.25) is 0 Å². The Hall–Kier alpha value is -1.36. The maximum atomic E-state index is 12.4. The molecule has 0 bridgehead atoms. The predicted octanol–water partition coefficient (Wildman–Crippen LogP) is 0.645. The largest absolute Gasteiger partial charge is 0.332 e. The van der Waals surface area contributed by atoms with Crippen LogP contribution in [0.3, 0.4) is 0 Å². The van der Waals surface area contributed by atoms with Gasteiger partial charge in [-0.1, -0.05) is 0 Å². The summed E-state index contributed by atoms with van der Waals surface area (Å²) < 4.78 is 1.78.